The SMILES string of the molecule is CC(C)(C)C(c1nc(-c2ccccc2)cn1Cc1ccccc1)N(CC(O)CN)C(=O)Cn1ncnn1. The molecule has 0 aliphatic heterocycles. The van der Waals surface area contributed by atoms with Crippen LogP contribution in [0.15, 0.2) is 73.2 Å². The van der Waals surface area contributed by atoms with Gasteiger partial charge in [-0.2, -0.15) is 4.80 Å². The van der Waals surface area contributed by atoms with E-state index in [4.69, 9.17) is 10.7 Å². The summed E-state index contributed by atoms with van der Waals surface area (Å²) >= 11 is 0. The average molecular weight is 503 g/mol. The smallest absolute Gasteiger partial charge is 0.246 e. The van der Waals surface area contributed by atoms with Crippen LogP contribution in [0.1, 0.15) is 38.2 Å². The van der Waals surface area contributed by atoms with Crippen molar-refractivity contribution in [2.75, 3.05) is 13.1 Å². The number of nitrogens with two attached hydrogens (primary N) is 1. The number of tetrazole rings is 1. The van der Waals surface area contributed by atoms with Gasteiger partial charge in [0.25, 0.3) is 0 Å². The molecular formula is C27H34N8O2. The summed E-state index contributed by atoms with van der Waals surface area (Å²) in [5, 5.41) is 22.1. The Labute approximate surface area is 216 Å². The Morgan fingerprint density at radius 2 is 1.76 bits per heavy atom. The van der Waals surface area contributed by atoms with Crippen molar-refractivity contribution in [1.29, 1.82) is 0 Å². The molecule has 0 bridgehead atoms. The Morgan fingerprint density at radius 3 is 2.35 bits per heavy atom. The van der Waals surface area contributed by atoms with E-state index in [-0.39, 0.29) is 25.5 Å². The van der Waals surface area contributed by atoms with E-state index >= 15 is 0 Å². The van der Waals surface area contributed by atoms with Gasteiger partial charge in [-0.3, -0.25) is 4.79 Å². The Bertz CT molecular complexity index is 1270. The molecule has 2 atom stereocenters. The molecular weight excluding hydrogens is 468 g/mol. The van der Waals surface area contributed by atoms with E-state index in [1.54, 1.807) is 4.90 Å². The number of aliphatic hydroxyl groups excluding tert-OH is 1. The van der Waals surface area contributed by atoms with Gasteiger partial charge in [0.05, 0.1) is 17.8 Å². The number of nitrogens with zero attached hydrogens (tertiary/aromatic N) is 7. The van der Waals surface area contributed by atoms with Crippen molar-refractivity contribution in [2.45, 2.75) is 46.0 Å². The topological polar surface area (TPSA) is 128 Å². The fraction of sp³-hybridized carbons (Fsp3) is 0.370. The van der Waals surface area contributed by atoms with Crippen LogP contribution in [0.25, 0.3) is 11.3 Å². The Hall–Kier alpha value is -3.89. The van der Waals surface area contributed by atoms with Crippen molar-refractivity contribution < 1.29 is 9.90 Å². The summed E-state index contributed by atoms with van der Waals surface area (Å²) in [5.74, 6) is 0.459. The van der Waals surface area contributed by atoms with Gasteiger partial charge >= 0.3 is 0 Å². The van der Waals surface area contributed by atoms with E-state index in [1.165, 1.54) is 11.1 Å². The van der Waals surface area contributed by atoms with Crippen LogP contribution in [0.3, 0.4) is 0 Å². The molecule has 1 amide bonds. The lowest BCUT2D eigenvalue weighted by molar-refractivity contribution is -0.139. The van der Waals surface area contributed by atoms with Crippen LogP contribution in [0.2, 0.25) is 0 Å². The third-order valence-corrected chi connectivity index (χ3v) is 6.12. The van der Waals surface area contributed by atoms with Gasteiger partial charge in [-0.05, 0) is 16.2 Å². The maximum absolute atomic E-state index is 13.7. The second kappa shape index (κ2) is 11.4. The number of imidazole rings is 1. The van der Waals surface area contributed by atoms with Crippen molar-refractivity contribution in [3.8, 4) is 11.3 Å². The van der Waals surface area contributed by atoms with Gasteiger partial charge in [0.1, 0.15) is 12.4 Å². The van der Waals surface area contributed by atoms with Crippen LogP contribution in [-0.4, -0.2) is 64.9 Å². The molecule has 0 saturated carbocycles. The van der Waals surface area contributed by atoms with Crippen molar-refractivity contribution in [1.82, 2.24) is 34.7 Å². The molecule has 0 spiro atoms. The summed E-state index contributed by atoms with van der Waals surface area (Å²) in [6.07, 6.45) is 2.41. The van der Waals surface area contributed by atoms with Gasteiger partial charge in [-0.25, -0.2) is 4.98 Å². The quantitative estimate of drug-likeness (QED) is 0.341. The predicted molar refractivity (Wildman–Crippen MR) is 140 cm³/mol. The molecule has 194 valence electrons. The van der Waals surface area contributed by atoms with Crippen LogP contribution >= 0.6 is 0 Å². The molecule has 0 fully saturated rings. The van der Waals surface area contributed by atoms with Gasteiger partial charge in [0, 0.05) is 31.4 Å². The summed E-state index contributed by atoms with van der Waals surface area (Å²) in [6, 6.07) is 19.6. The highest BCUT2D eigenvalue weighted by Gasteiger charge is 2.39. The zero-order valence-electron chi connectivity index (χ0n) is 21.5. The molecule has 0 saturated heterocycles. The molecule has 10 nitrogen and oxygen atoms in total. The van der Waals surface area contributed by atoms with Crippen LogP contribution in [0.4, 0.5) is 0 Å². The highest BCUT2D eigenvalue weighted by molar-refractivity contribution is 5.76. The van der Waals surface area contributed by atoms with Crippen molar-refractivity contribution in [3.05, 3.63) is 84.6 Å². The molecule has 0 radical (unpaired) electrons. The van der Waals surface area contributed by atoms with E-state index in [1.807, 2.05) is 54.7 Å². The van der Waals surface area contributed by atoms with Crippen molar-refractivity contribution >= 4 is 5.91 Å². The van der Waals surface area contributed by atoms with Crippen LogP contribution in [-0.2, 0) is 17.9 Å². The predicted octanol–water partition coefficient (Wildman–Crippen LogP) is 2.52. The van der Waals surface area contributed by atoms with Crippen LogP contribution in [0.5, 0.6) is 0 Å². The van der Waals surface area contributed by atoms with Gasteiger partial charge in [-0.1, -0.05) is 81.4 Å². The fourth-order valence-corrected chi connectivity index (χ4v) is 4.42. The minimum Gasteiger partial charge on any atom is -0.390 e. The Balaban J connectivity index is 1.83. The highest BCUT2D eigenvalue weighted by Crippen LogP contribution is 2.39. The van der Waals surface area contributed by atoms with Gasteiger partial charge in [0.2, 0.25) is 5.91 Å². The molecule has 2 unspecified atom stereocenters. The van der Waals surface area contributed by atoms with E-state index in [2.05, 4.69) is 52.9 Å². The van der Waals surface area contributed by atoms with E-state index in [9.17, 15) is 9.90 Å². The van der Waals surface area contributed by atoms with E-state index < -0.39 is 17.6 Å². The molecule has 0 aliphatic rings. The standard InChI is InChI=1S/C27H34N8O2/c1-27(2,3)25(34(16-22(36)14-28)24(37)18-35-30-19-29-32-35)26-31-23(21-12-8-5-9-13-21)17-33(26)15-20-10-6-4-7-11-20/h4-13,17,19,22,25,36H,14-16,18,28H2,1-3H3. The Kier molecular flexibility index (Phi) is 8.10. The summed E-state index contributed by atoms with van der Waals surface area (Å²) in [6.45, 7) is 6.71. The number of aliphatic hydroxyl groups is 1. The Morgan fingerprint density at radius 1 is 1.08 bits per heavy atom. The fourth-order valence-electron chi connectivity index (χ4n) is 4.42. The number of hydrogen-bond acceptors (Lipinski definition) is 7. The van der Waals surface area contributed by atoms with E-state index in [0.29, 0.717) is 6.54 Å². The molecule has 37 heavy (non-hydrogen) atoms. The normalized spacial score (nSPS) is 13.3. The lowest BCUT2D eigenvalue weighted by Crippen LogP contribution is -2.48. The van der Waals surface area contributed by atoms with Gasteiger partial charge in [-0.15, -0.1) is 10.2 Å². The van der Waals surface area contributed by atoms with Crippen molar-refractivity contribution in [3.63, 3.8) is 0 Å². The third-order valence-electron chi connectivity index (χ3n) is 6.12. The van der Waals surface area contributed by atoms with Gasteiger partial charge < -0.3 is 20.3 Å². The minimum absolute atomic E-state index is 0.0237. The van der Waals surface area contributed by atoms with E-state index in [0.717, 1.165) is 22.6 Å². The first kappa shape index (κ1) is 26.2. The third kappa shape index (κ3) is 6.46. The monoisotopic (exact) mass is 502 g/mol. The molecule has 2 heterocycles. The number of aromatic nitrogens is 6. The number of carbonyl (C=O) groups excluding carboxylic acids is 1. The first-order valence-electron chi connectivity index (χ1n) is 12.3. The molecule has 2 aromatic carbocycles. The first-order valence-corrected chi connectivity index (χ1v) is 12.3. The number of benzene rings is 2. The summed E-state index contributed by atoms with van der Waals surface area (Å²) in [7, 11) is 0. The summed E-state index contributed by atoms with van der Waals surface area (Å²) < 4.78 is 2.09. The molecule has 10 heteroatoms. The number of rotatable bonds is 10. The molecule has 3 N–H and O–H groups in total. The maximum Gasteiger partial charge on any atom is 0.246 e. The lowest BCUT2D eigenvalue weighted by Gasteiger charge is -2.40. The number of amides is 1. The van der Waals surface area contributed by atoms with Crippen LogP contribution in [0, 0.1) is 5.41 Å². The molecule has 4 aromatic rings. The lowest BCUT2D eigenvalue weighted by atomic mass is 9.84. The summed E-state index contributed by atoms with van der Waals surface area (Å²) in [5.41, 5.74) is 8.23. The van der Waals surface area contributed by atoms with Crippen LogP contribution < -0.4 is 5.73 Å². The van der Waals surface area contributed by atoms with Gasteiger partial charge in [0.15, 0.2) is 6.33 Å². The minimum atomic E-state index is -0.899. The molecule has 2 aromatic heterocycles. The largest absolute Gasteiger partial charge is 0.390 e. The average Bonchev–Trinajstić information content (AvgIpc) is 3.54. The first-order chi connectivity index (χ1) is 17.8. The zero-order chi connectivity index (χ0) is 26.4. The number of carbonyl (C=O) groups is 1. The second-order valence-electron chi connectivity index (χ2n) is 10.1. The molecule has 0 aliphatic carbocycles. The highest BCUT2D eigenvalue weighted by atomic mass is 16.3. The zero-order valence-corrected chi connectivity index (χ0v) is 21.5. The number of hydrogen-bond donors (Lipinski definition) is 2. The second-order valence-corrected chi connectivity index (χ2v) is 10.1. The van der Waals surface area contributed by atoms with Crippen molar-refractivity contribution in [2.24, 2.45) is 11.1 Å². The summed E-state index contributed by atoms with van der Waals surface area (Å²) in [4.78, 5) is 21.6. The molecule has 4 rings (SSSR count). The maximum atomic E-state index is 13.7.